The lowest BCUT2D eigenvalue weighted by Crippen LogP contribution is -2.10. The van der Waals surface area contributed by atoms with Gasteiger partial charge in [-0.05, 0) is 25.1 Å². The number of rotatable bonds is 2. The van der Waals surface area contributed by atoms with E-state index in [9.17, 15) is 17.6 Å². The zero-order chi connectivity index (χ0) is 14.9. The van der Waals surface area contributed by atoms with Crippen molar-refractivity contribution in [3.63, 3.8) is 0 Å². The summed E-state index contributed by atoms with van der Waals surface area (Å²) >= 11 is 0. The summed E-state index contributed by atoms with van der Waals surface area (Å²) in [6.07, 6.45) is -3.65. The molecule has 0 aliphatic carbocycles. The summed E-state index contributed by atoms with van der Waals surface area (Å²) in [5.74, 6) is -0.460. The standard InChI is InChI=1S/C13H11F4N3/c1-7-8(14)3-2-4-10(7)20-11-5-12(13(15,16)17)19-6-9(11)18/h2-6H,18H2,1H3,(H,19,20). The van der Waals surface area contributed by atoms with Gasteiger partial charge in [0.25, 0.3) is 0 Å². The minimum atomic E-state index is -4.57. The van der Waals surface area contributed by atoms with E-state index in [1.165, 1.54) is 19.1 Å². The highest BCUT2D eigenvalue weighted by molar-refractivity contribution is 5.73. The fourth-order valence-corrected chi connectivity index (χ4v) is 1.62. The molecular formula is C13H11F4N3. The lowest BCUT2D eigenvalue weighted by molar-refractivity contribution is -0.141. The van der Waals surface area contributed by atoms with Crippen molar-refractivity contribution in [2.24, 2.45) is 0 Å². The van der Waals surface area contributed by atoms with Gasteiger partial charge in [-0.3, -0.25) is 0 Å². The van der Waals surface area contributed by atoms with Gasteiger partial charge in [-0.15, -0.1) is 0 Å². The molecule has 0 saturated carbocycles. The van der Waals surface area contributed by atoms with Gasteiger partial charge in [-0.2, -0.15) is 13.2 Å². The predicted octanol–water partition coefficient (Wildman–Crippen LogP) is 3.87. The number of alkyl halides is 3. The third-order valence-corrected chi connectivity index (χ3v) is 2.76. The highest BCUT2D eigenvalue weighted by Crippen LogP contribution is 2.33. The van der Waals surface area contributed by atoms with E-state index in [2.05, 4.69) is 10.3 Å². The lowest BCUT2D eigenvalue weighted by Gasteiger charge is -2.14. The molecule has 7 heteroatoms. The van der Waals surface area contributed by atoms with Crippen LogP contribution in [0.5, 0.6) is 0 Å². The molecule has 0 aliphatic heterocycles. The molecule has 106 valence electrons. The molecule has 0 amide bonds. The Hall–Kier alpha value is -2.31. The number of nitrogens with zero attached hydrogens (tertiary/aromatic N) is 1. The maximum absolute atomic E-state index is 13.4. The second-order valence-corrected chi connectivity index (χ2v) is 4.19. The minimum absolute atomic E-state index is 0.0287. The Morgan fingerprint density at radius 3 is 2.55 bits per heavy atom. The third kappa shape index (κ3) is 2.81. The summed E-state index contributed by atoms with van der Waals surface area (Å²) < 4.78 is 51.2. The first-order chi connectivity index (χ1) is 9.29. The molecule has 0 spiro atoms. The molecule has 1 aromatic heterocycles. The average Bonchev–Trinajstić information content (AvgIpc) is 2.36. The van der Waals surface area contributed by atoms with Crippen molar-refractivity contribution in [3.05, 3.63) is 47.5 Å². The van der Waals surface area contributed by atoms with Crippen LogP contribution in [0.3, 0.4) is 0 Å². The fraction of sp³-hybridized carbons (Fsp3) is 0.154. The SMILES string of the molecule is Cc1c(F)cccc1Nc1cc(C(F)(F)F)ncc1N. The van der Waals surface area contributed by atoms with Crippen molar-refractivity contribution >= 4 is 17.1 Å². The number of pyridine rings is 1. The zero-order valence-corrected chi connectivity index (χ0v) is 10.4. The van der Waals surface area contributed by atoms with E-state index < -0.39 is 17.7 Å². The van der Waals surface area contributed by atoms with Gasteiger partial charge in [0.1, 0.15) is 11.5 Å². The molecule has 0 radical (unpaired) electrons. The highest BCUT2D eigenvalue weighted by atomic mass is 19.4. The zero-order valence-electron chi connectivity index (χ0n) is 10.4. The molecule has 0 bridgehead atoms. The van der Waals surface area contributed by atoms with Crippen molar-refractivity contribution < 1.29 is 17.6 Å². The summed E-state index contributed by atoms with van der Waals surface area (Å²) in [5.41, 5.74) is 5.22. The van der Waals surface area contributed by atoms with E-state index in [0.29, 0.717) is 5.69 Å². The van der Waals surface area contributed by atoms with Crippen LogP contribution in [-0.4, -0.2) is 4.98 Å². The van der Waals surface area contributed by atoms with Crippen LogP contribution in [-0.2, 0) is 6.18 Å². The number of hydrogen-bond acceptors (Lipinski definition) is 3. The van der Waals surface area contributed by atoms with Crippen molar-refractivity contribution in [1.29, 1.82) is 0 Å². The normalized spacial score (nSPS) is 11.4. The van der Waals surface area contributed by atoms with Crippen LogP contribution in [0.25, 0.3) is 0 Å². The Morgan fingerprint density at radius 1 is 1.20 bits per heavy atom. The van der Waals surface area contributed by atoms with Crippen molar-refractivity contribution in [1.82, 2.24) is 4.98 Å². The molecule has 0 aliphatic rings. The molecule has 1 heterocycles. The van der Waals surface area contributed by atoms with Gasteiger partial charge in [0.2, 0.25) is 0 Å². The van der Waals surface area contributed by atoms with E-state index in [1.54, 1.807) is 6.07 Å². The Morgan fingerprint density at radius 2 is 1.90 bits per heavy atom. The largest absolute Gasteiger partial charge is 0.433 e. The number of nitrogens with one attached hydrogen (secondary N) is 1. The topological polar surface area (TPSA) is 50.9 Å². The van der Waals surface area contributed by atoms with Crippen LogP contribution in [0.1, 0.15) is 11.3 Å². The van der Waals surface area contributed by atoms with E-state index in [0.717, 1.165) is 12.3 Å². The van der Waals surface area contributed by atoms with Crippen LogP contribution in [0, 0.1) is 12.7 Å². The number of anilines is 3. The number of benzene rings is 1. The summed E-state index contributed by atoms with van der Waals surface area (Å²) in [7, 11) is 0. The van der Waals surface area contributed by atoms with Crippen LogP contribution in [0.4, 0.5) is 34.6 Å². The summed E-state index contributed by atoms with van der Waals surface area (Å²) in [6.45, 7) is 1.51. The summed E-state index contributed by atoms with van der Waals surface area (Å²) in [5, 5.41) is 2.69. The second kappa shape index (κ2) is 4.99. The van der Waals surface area contributed by atoms with Gasteiger partial charge in [0, 0.05) is 11.3 Å². The summed E-state index contributed by atoms with van der Waals surface area (Å²) in [6, 6.07) is 5.05. The van der Waals surface area contributed by atoms with Gasteiger partial charge in [0.15, 0.2) is 0 Å². The van der Waals surface area contributed by atoms with E-state index in [-0.39, 0.29) is 16.9 Å². The highest BCUT2D eigenvalue weighted by Gasteiger charge is 2.33. The van der Waals surface area contributed by atoms with Crippen LogP contribution >= 0.6 is 0 Å². The van der Waals surface area contributed by atoms with E-state index >= 15 is 0 Å². The first-order valence-corrected chi connectivity index (χ1v) is 5.64. The molecule has 0 atom stereocenters. The number of aromatic nitrogens is 1. The van der Waals surface area contributed by atoms with Gasteiger partial charge >= 0.3 is 6.18 Å². The smallest absolute Gasteiger partial charge is 0.396 e. The van der Waals surface area contributed by atoms with Gasteiger partial charge in [0.05, 0.1) is 17.6 Å². The Balaban J connectivity index is 2.41. The van der Waals surface area contributed by atoms with Crippen LogP contribution < -0.4 is 11.1 Å². The molecule has 3 N–H and O–H groups in total. The number of halogens is 4. The monoisotopic (exact) mass is 285 g/mol. The molecule has 0 saturated heterocycles. The fourth-order valence-electron chi connectivity index (χ4n) is 1.62. The van der Waals surface area contributed by atoms with Crippen LogP contribution in [0.15, 0.2) is 30.5 Å². The third-order valence-electron chi connectivity index (χ3n) is 2.76. The second-order valence-electron chi connectivity index (χ2n) is 4.19. The Labute approximate surface area is 112 Å². The van der Waals surface area contributed by atoms with Crippen molar-refractivity contribution in [3.8, 4) is 0 Å². The van der Waals surface area contributed by atoms with Gasteiger partial charge in [-0.1, -0.05) is 6.07 Å². The average molecular weight is 285 g/mol. The molecular weight excluding hydrogens is 274 g/mol. The Bertz CT molecular complexity index is 638. The van der Waals surface area contributed by atoms with Crippen molar-refractivity contribution in [2.45, 2.75) is 13.1 Å². The summed E-state index contributed by atoms with van der Waals surface area (Å²) in [4.78, 5) is 3.23. The van der Waals surface area contributed by atoms with E-state index in [1.807, 2.05) is 0 Å². The molecule has 2 aromatic rings. The van der Waals surface area contributed by atoms with Crippen LogP contribution in [0.2, 0.25) is 0 Å². The Kier molecular flexibility index (Phi) is 3.52. The quantitative estimate of drug-likeness (QED) is 0.823. The first-order valence-electron chi connectivity index (χ1n) is 5.64. The van der Waals surface area contributed by atoms with E-state index in [4.69, 9.17) is 5.73 Å². The minimum Gasteiger partial charge on any atom is -0.396 e. The lowest BCUT2D eigenvalue weighted by atomic mass is 10.1. The predicted molar refractivity (Wildman–Crippen MR) is 68.1 cm³/mol. The molecule has 3 nitrogen and oxygen atoms in total. The molecule has 0 fully saturated rings. The van der Waals surface area contributed by atoms with Crippen molar-refractivity contribution in [2.75, 3.05) is 11.1 Å². The molecule has 1 aromatic carbocycles. The molecule has 20 heavy (non-hydrogen) atoms. The maximum atomic E-state index is 13.4. The van der Waals surface area contributed by atoms with Gasteiger partial charge < -0.3 is 11.1 Å². The molecule has 0 unspecified atom stereocenters. The first kappa shape index (κ1) is 14.1. The maximum Gasteiger partial charge on any atom is 0.433 e. The number of nitrogens with two attached hydrogens (primary N) is 1. The number of hydrogen-bond donors (Lipinski definition) is 2. The van der Waals surface area contributed by atoms with Gasteiger partial charge in [-0.25, -0.2) is 9.37 Å². The molecule has 2 rings (SSSR count). The number of nitrogen functional groups attached to an aromatic ring is 1.